The zero-order valence-corrected chi connectivity index (χ0v) is 15.6. The van der Waals surface area contributed by atoms with Crippen LogP contribution in [0.4, 0.5) is 0 Å². The second kappa shape index (κ2) is 8.58. The highest BCUT2D eigenvalue weighted by Gasteiger charge is 2.35. The highest BCUT2D eigenvalue weighted by atomic mass is 16.5. The smallest absolute Gasteiger partial charge is 0.183 e. The highest BCUT2D eigenvalue weighted by Crippen LogP contribution is 2.25. The second-order valence-electron chi connectivity index (χ2n) is 6.86. The Kier molecular flexibility index (Phi) is 6.20. The summed E-state index contributed by atoms with van der Waals surface area (Å²) in [4.78, 5) is 13.3. The van der Waals surface area contributed by atoms with Crippen LogP contribution in [0.25, 0.3) is 0 Å². The number of ketones is 1. The van der Waals surface area contributed by atoms with E-state index < -0.39 is 5.54 Å². The van der Waals surface area contributed by atoms with Gasteiger partial charge in [0.1, 0.15) is 0 Å². The molecule has 2 aromatic carbocycles. The molecular weight excluding hydrogens is 324 g/mol. The average molecular weight is 352 g/mol. The van der Waals surface area contributed by atoms with Crippen LogP contribution >= 0.6 is 0 Å². The van der Waals surface area contributed by atoms with Crippen LogP contribution in [0.15, 0.2) is 54.6 Å². The standard InChI is InChI=1S/C22H28N2O2/c1-3-22(23-2,15-17-7-5-4-6-8-17)21(25)19-11-9-18(10-12-19)20-16-24-13-14-26-20/h4-12,20,23-24H,3,13-16H2,1-2H3. The van der Waals surface area contributed by atoms with Crippen molar-refractivity contribution in [2.45, 2.75) is 31.4 Å². The number of Topliss-reactive ketones (excluding diaryl/α,β-unsaturated/α-hetero) is 1. The first-order chi connectivity index (χ1) is 12.7. The Morgan fingerprint density at radius 1 is 1.19 bits per heavy atom. The Morgan fingerprint density at radius 3 is 2.50 bits per heavy atom. The largest absolute Gasteiger partial charge is 0.371 e. The third kappa shape index (κ3) is 4.04. The SMILES string of the molecule is CCC(Cc1ccccc1)(NC)C(=O)c1ccc(C2CNCCO2)cc1. The molecule has 2 N–H and O–H groups in total. The van der Waals surface area contributed by atoms with Crippen LogP contribution < -0.4 is 10.6 Å². The summed E-state index contributed by atoms with van der Waals surface area (Å²) in [6.07, 6.45) is 1.48. The minimum absolute atomic E-state index is 0.0671. The molecule has 3 rings (SSSR count). The van der Waals surface area contributed by atoms with E-state index >= 15 is 0 Å². The Bertz CT molecular complexity index is 703. The maximum absolute atomic E-state index is 13.3. The van der Waals surface area contributed by atoms with Crippen LogP contribution in [0, 0.1) is 0 Å². The Labute approximate surface area is 156 Å². The third-order valence-electron chi connectivity index (χ3n) is 5.34. The van der Waals surface area contributed by atoms with Crippen molar-refractivity contribution in [2.75, 3.05) is 26.7 Å². The van der Waals surface area contributed by atoms with Crippen molar-refractivity contribution in [3.8, 4) is 0 Å². The summed E-state index contributed by atoms with van der Waals surface area (Å²) >= 11 is 0. The topological polar surface area (TPSA) is 50.4 Å². The lowest BCUT2D eigenvalue weighted by Gasteiger charge is -2.31. The van der Waals surface area contributed by atoms with Gasteiger partial charge in [-0.2, -0.15) is 0 Å². The summed E-state index contributed by atoms with van der Waals surface area (Å²) in [7, 11) is 1.88. The van der Waals surface area contributed by atoms with Crippen molar-refractivity contribution in [1.29, 1.82) is 0 Å². The quantitative estimate of drug-likeness (QED) is 0.752. The number of nitrogens with one attached hydrogen (secondary N) is 2. The normalized spacial score (nSPS) is 19.7. The molecule has 1 heterocycles. The first-order valence-electron chi connectivity index (χ1n) is 9.38. The molecule has 2 aromatic rings. The van der Waals surface area contributed by atoms with Gasteiger partial charge in [0.2, 0.25) is 0 Å². The Balaban J connectivity index is 1.80. The van der Waals surface area contributed by atoms with Gasteiger partial charge in [0.05, 0.1) is 18.2 Å². The van der Waals surface area contributed by atoms with Gasteiger partial charge in [0.15, 0.2) is 5.78 Å². The molecule has 2 unspecified atom stereocenters. The molecule has 138 valence electrons. The van der Waals surface area contributed by atoms with Gasteiger partial charge in [0.25, 0.3) is 0 Å². The van der Waals surface area contributed by atoms with Crippen LogP contribution in [-0.4, -0.2) is 38.1 Å². The van der Waals surface area contributed by atoms with E-state index in [9.17, 15) is 4.79 Å². The third-order valence-corrected chi connectivity index (χ3v) is 5.34. The number of benzene rings is 2. The molecule has 0 bridgehead atoms. The van der Waals surface area contributed by atoms with Crippen molar-refractivity contribution in [3.63, 3.8) is 0 Å². The van der Waals surface area contributed by atoms with E-state index in [1.54, 1.807) is 0 Å². The molecule has 2 atom stereocenters. The maximum Gasteiger partial charge on any atom is 0.183 e. The lowest BCUT2D eigenvalue weighted by atomic mass is 9.81. The van der Waals surface area contributed by atoms with E-state index in [-0.39, 0.29) is 11.9 Å². The maximum atomic E-state index is 13.3. The van der Waals surface area contributed by atoms with Crippen molar-refractivity contribution in [2.24, 2.45) is 0 Å². The van der Waals surface area contributed by atoms with Crippen LogP contribution in [0.2, 0.25) is 0 Å². The van der Waals surface area contributed by atoms with E-state index in [2.05, 4.69) is 29.7 Å². The number of hydrogen-bond acceptors (Lipinski definition) is 4. The Morgan fingerprint density at radius 2 is 1.92 bits per heavy atom. The minimum atomic E-state index is -0.592. The highest BCUT2D eigenvalue weighted by molar-refractivity contribution is 6.03. The molecule has 0 radical (unpaired) electrons. The van der Waals surface area contributed by atoms with Gasteiger partial charge in [-0.05, 0) is 31.0 Å². The Hall–Kier alpha value is -2.01. The van der Waals surface area contributed by atoms with Crippen LogP contribution in [0.3, 0.4) is 0 Å². The van der Waals surface area contributed by atoms with Gasteiger partial charge in [-0.25, -0.2) is 0 Å². The van der Waals surface area contributed by atoms with Crippen LogP contribution in [-0.2, 0) is 11.2 Å². The molecule has 4 nitrogen and oxygen atoms in total. The number of likely N-dealkylation sites (N-methyl/N-ethyl adjacent to an activating group) is 1. The summed E-state index contributed by atoms with van der Waals surface area (Å²) in [5.41, 5.74) is 2.43. The fraction of sp³-hybridized carbons (Fsp3) is 0.409. The van der Waals surface area contributed by atoms with E-state index in [1.807, 2.05) is 49.5 Å². The van der Waals surface area contributed by atoms with E-state index in [0.29, 0.717) is 6.42 Å². The molecular formula is C22H28N2O2. The minimum Gasteiger partial charge on any atom is -0.371 e. The summed E-state index contributed by atoms with van der Waals surface area (Å²) in [5, 5.41) is 6.64. The molecule has 1 fully saturated rings. The lowest BCUT2D eigenvalue weighted by Crippen LogP contribution is -2.51. The predicted molar refractivity (Wildman–Crippen MR) is 105 cm³/mol. The fourth-order valence-electron chi connectivity index (χ4n) is 3.59. The van der Waals surface area contributed by atoms with Crippen molar-refractivity contribution in [3.05, 3.63) is 71.3 Å². The van der Waals surface area contributed by atoms with E-state index in [1.165, 1.54) is 0 Å². The summed E-state index contributed by atoms with van der Waals surface area (Å²) in [6.45, 7) is 4.50. The van der Waals surface area contributed by atoms with Crippen molar-refractivity contribution >= 4 is 5.78 Å². The predicted octanol–water partition coefficient (Wildman–Crippen LogP) is 3.14. The number of carbonyl (C=O) groups is 1. The molecule has 4 heteroatoms. The van der Waals surface area contributed by atoms with Crippen molar-refractivity contribution in [1.82, 2.24) is 10.6 Å². The first kappa shape index (κ1) is 18.8. The average Bonchev–Trinajstić information content (AvgIpc) is 2.73. The number of rotatable bonds is 7. The number of morpholine rings is 1. The van der Waals surface area contributed by atoms with Gasteiger partial charge < -0.3 is 15.4 Å². The molecule has 0 aromatic heterocycles. The van der Waals surface area contributed by atoms with Gasteiger partial charge in [-0.15, -0.1) is 0 Å². The van der Waals surface area contributed by atoms with Crippen LogP contribution in [0.1, 0.15) is 40.9 Å². The molecule has 26 heavy (non-hydrogen) atoms. The lowest BCUT2D eigenvalue weighted by molar-refractivity contribution is 0.0277. The van der Waals surface area contributed by atoms with Crippen LogP contribution in [0.5, 0.6) is 0 Å². The van der Waals surface area contributed by atoms with Gasteiger partial charge in [-0.3, -0.25) is 4.79 Å². The summed E-state index contributed by atoms with van der Waals surface area (Å²) in [6, 6.07) is 18.1. The molecule has 1 saturated heterocycles. The molecule has 0 amide bonds. The van der Waals surface area contributed by atoms with Gasteiger partial charge in [0, 0.05) is 18.7 Å². The molecule has 1 aliphatic heterocycles. The molecule has 0 spiro atoms. The molecule has 0 aliphatic carbocycles. The van der Waals surface area contributed by atoms with E-state index in [0.717, 1.165) is 42.8 Å². The molecule has 1 aliphatic rings. The monoisotopic (exact) mass is 352 g/mol. The first-order valence-corrected chi connectivity index (χ1v) is 9.38. The van der Waals surface area contributed by atoms with Gasteiger partial charge in [-0.1, -0.05) is 61.5 Å². The summed E-state index contributed by atoms with van der Waals surface area (Å²) < 4.78 is 5.79. The zero-order valence-electron chi connectivity index (χ0n) is 15.6. The zero-order chi connectivity index (χ0) is 18.4. The van der Waals surface area contributed by atoms with E-state index in [4.69, 9.17) is 4.74 Å². The fourth-order valence-corrected chi connectivity index (χ4v) is 3.59. The van der Waals surface area contributed by atoms with Gasteiger partial charge >= 0.3 is 0 Å². The summed E-state index contributed by atoms with van der Waals surface area (Å²) in [5.74, 6) is 0.139. The number of carbonyl (C=O) groups excluding carboxylic acids is 1. The second-order valence-corrected chi connectivity index (χ2v) is 6.86. The van der Waals surface area contributed by atoms with Crippen molar-refractivity contribution < 1.29 is 9.53 Å². The molecule has 0 saturated carbocycles. The number of ether oxygens (including phenoxy) is 1. The number of hydrogen-bond donors (Lipinski definition) is 2.